The molecule has 142 valence electrons. The van der Waals surface area contributed by atoms with Crippen molar-refractivity contribution in [2.75, 3.05) is 0 Å². The molecule has 0 aliphatic rings. The second-order valence-electron chi connectivity index (χ2n) is 5.68. The van der Waals surface area contributed by atoms with Crippen molar-refractivity contribution in [3.8, 4) is 5.75 Å². The third kappa shape index (κ3) is 3.42. The zero-order chi connectivity index (χ0) is 19.9. The van der Waals surface area contributed by atoms with E-state index in [0.29, 0.717) is 5.56 Å². The van der Waals surface area contributed by atoms with Gasteiger partial charge in [0.05, 0.1) is 5.56 Å². The number of aromatic nitrogens is 2. The fourth-order valence-electron chi connectivity index (χ4n) is 2.57. The van der Waals surface area contributed by atoms with Crippen LogP contribution in [-0.2, 0) is 12.8 Å². The smallest absolute Gasteiger partial charge is 0.435 e. The Balaban J connectivity index is 2.12. The Morgan fingerprint density at radius 2 is 1.89 bits per heavy atom. The molecule has 27 heavy (non-hydrogen) atoms. The van der Waals surface area contributed by atoms with Crippen LogP contribution in [0.5, 0.6) is 5.75 Å². The largest absolute Gasteiger partial charge is 0.485 e. The number of aryl methyl sites for hydroxylation is 1. The zero-order valence-corrected chi connectivity index (χ0v) is 13.6. The van der Waals surface area contributed by atoms with Crippen molar-refractivity contribution in [1.29, 1.82) is 0 Å². The molecule has 1 N–H and O–H groups in total. The van der Waals surface area contributed by atoms with Crippen LogP contribution in [0.15, 0.2) is 30.5 Å². The van der Waals surface area contributed by atoms with Crippen LogP contribution < -0.4 is 4.74 Å². The Morgan fingerprint density at radius 1 is 1.26 bits per heavy atom. The van der Waals surface area contributed by atoms with Gasteiger partial charge in [-0.05, 0) is 30.7 Å². The number of hydrogen-bond donors (Lipinski definition) is 1. The fraction of sp³-hybridized carbons (Fsp3) is 0.176. The number of nitrogens with zero attached hydrogens (tertiary/aromatic N) is 2. The Bertz CT molecular complexity index is 1020. The molecule has 0 saturated heterocycles. The molecule has 0 aliphatic heterocycles. The number of ether oxygens (including phenoxy) is 1. The van der Waals surface area contributed by atoms with Crippen molar-refractivity contribution in [3.05, 3.63) is 64.6 Å². The lowest BCUT2D eigenvalue weighted by molar-refractivity contribution is -0.141. The molecule has 0 unspecified atom stereocenters. The standard InChI is InChI=1S/C17H11F5N2O3/c1-8-5-12(27-7-9-10(18)3-2-4-11(9)19)15-23-14(17(20,21)22)13(16(25)26)24(15)6-8/h2-6H,7H2,1H3,(H,25,26). The number of carbonyl (C=O) groups is 1. The summed E-state index contributed by atoms with van der Waals surface area (Å²) in [6, 6.07) is 4.47. The topological polar surface area (TPSA) is 63.8 Å². The van der Waals surface area contributed by atoms with Crippen LogP contribution in [0.25, 0.3) is 5.65 Å². The van der Waals surface area contributed by atoms with Crippen LogP contribution in [0, 0.1) is 18.6 Å². The average Bonchev–Trinajstić information content (AvgIpc) is 2.94. The van der Waals surface area contributed by atoms with Crippen LogP contribution in [0.3, 0.4) is 0 Å². The molecule has 2 heterocycles. The summed E-state index contributed by atoms with van der Waals surface area (Å²) in [6.07, 6.45) is -3.86. The molecule has 10 heteroatoms. The minimum Gasteiger partial charge on any atom is -0.485 e. The van der Waals surface area contributed by atoms with E-state index in [9.17, 15) is 31.9 Å². The van der Waals surface area contributed by atoms with Crippen molar-refractivity contribution in [1.82, 2.24) is 9.38 Å². The highest BCUT2D eigenvalue weighted by Crippen LogP contribution is 2.34. The van der Waals surface area contributed by atoms with Crippen molar-refractivity contribution in [2.24, 2.45) is 0 Å². The van der Waals surface area contributed by atoms with E-state index in [-0.39, 0.29) is 5.75 Å². The van der Waals surface area contributed by atoms with Gasteiger partial charge in [0.25, 0.3) is 0 Å². The number of pyridine rings is 1. The Kier molecular flexibility index (Phi) is 4.50. The lowest BCUT2D eigenvalue weighted by Crippen LogP contribution is -2.13. The van der Waals surface area contributed by atoms with Gasteiger partial charge in [-0.25, -0.2) is 18.6 Å². The van der Waals surface area contributed by atoms with Gasteiger partial charge in [0.15, 0.2) is 22.8 Å². The summed E-state index contributed by atoms with van der Waals surface area (Å²) >= 11 is 0. The maximum atomic E-state index is 13.7. The number of aromatic carboxylic acids is 1. The summed E-state index contributed by atoms with van der Waals surface area (Å²) in [7, 11) is 0. The van der Waals surface area contributed by atoms with E-state index in [1.54, 1.807) is 0 Å². The molecule has 1 aromatic carbocycles. The molecule has 0 spiro atoms. The van der Waals surface area contributed by atoms with Crippen molar-refractivity contribution >= 4 is 11.6 Å². The van der Waals surface area contributed by atoms with Gasteiger partial charge in [-0.15, -0.1) is 0 Å². The summed E-state index contributed by atoms with van der Waals surface area (Å²) in [5, 5.41) is 9.18. The predicted molar refractivity (Wildman–Crippen MR) is 82.6 cm³/mol. The predicted octanol–water partition coefficient (Wildman–Crippen LogP) is 4.22. The molecular weight excluding hydrogens is 375 g/mol. The number of alkyl halides is 3. The minimum atomic E-state index is -5.01. The van der Waals surface area contributed by atoms with E-state index in [0.717, 1.165) is 28.8 Å². The van der Waals surface area contributed by atoms with E-state index in [1.807, 2.05) is 0 Å². The summed E-state index contributed by atoms with van der Waals surface area (Å²) in [5.41, 5.74) is -3.16. The fourth-order valence-corrected chi connectivity index (χ4v) is 2.57. The first-order valence-electron chi connectivity index (χ1n) is 7.48. The summed E-state index contributed by atoms with van der Waals surface area (Å²) in [6.45, 7) is 0.878. The lowest BCUT2D eigenvalue weighted by atomic mass is 10.2. The summed E-state index contributed by atoms with van der Waals surface area (Å²) in [4.78, 5) is 14.7. The number of rotatable bonds is 4. The van der Waals surface area contributed by atoms with Crippen LogP contribution in [0.1, 0.15) is 27.3 Å². The molecular formula is C17H11F5N2O3. The van der Waals surface area contributed by atoms with E-state index in [4.69, 9.17) is 4.74 Å². The molecule has 2 aromatic heterocycles. The first kappa shape index (κ1) is 18.6. The van der Waals surface area contributed by atoms with Gasteiger partial charge in [0.2, 0.25) is 0 Å². The molecule has 0 bridgehead atoms. The third-order valence-corrected chi connectivity index (χ3v) is 3.73. The van der Waals surface area contributed by atoms with E-state index >= 15 is 0 Å². The van der Waals surface area contributed by atoms with E-state index in [2.05, 4.69) is 4.98 Å². The van der Waals surface area contributed by atoms with E-state index < -0.39 is 53.0 Å². The number of hydrogen-bond acceptors (Lipinski definition) is 3. The quantitative estimate of drug-likeness (QED) is 0.682. The molecule has 0 aliphatic carbocycles. The van der Waals surface area contributed by atoms with Gasteiger partial charge in [0, 0.05) is 6.20 Å². The van der Waals surface area contributed by atoms with E-state index in [1.165, 1.54) is 13.0 Å². The summed E-state index contributed by atoms with van der Waals surface area (Å²) in [5.74, 6) is -3.84. The lowest BCUT2D eigenvalue weighted by Gasteiger charge is -2.10. The molecule has 0 amide bonds. The van der Waals surface area contributed by atoms with Crippen LogP contribution in [-0.4, -0.2) is 20.5 Å². The number of carboxylic acid groups (broad SMARTS) is 1. The first-order valence-corrected chi connectivity index (χ1v) is 7.48. The van der Waals surface area contributed by atoms with Gasteiger partial charge < -0.3 is 9.84 Å². The van der Waals surface area contributed by atoms with Crippen molar-refractivity contribution in [3.63, 3.8) is 0 Å². The van der Waals surface area contributed by atoms with Crippen LogP contribution >= 0.6 is 0 Å². The van der Waals surface area contributed by atoms with Gasteiger partial charge >= 0.3 is 12.1 Å². The number of carboxylic acids is 1. The number of fused-ring (bicyclic) bond motifs is 1. The second-order valence-corrected chi connectivity index (χ2v) is 5.68. The third-order valence-electron chi connectivity index (χ3n) is 3.73. The molecule has 0 radical (unpaired) electrons. The average molecular weight is 386 g/mol. The number of benzene rings is 1. The van der Waals surface area contributed by atoms with Gasteiger partial charge in [-0.2, -0.15) is 13.2 Å². The molecule has 3 aromatic rings. The summed E-state index contributed by atoms with van der Waals surface area (Å²) < 4.78 is 72.9. The normalized spacial score (nSPS) is 11.8. The van der Waals surface area contributed by atoms with Gasteiger partial charge in [0.1, 0.15) is 18.2 Å². The highest BCUT2D eigenvalue weighted by Gasteiger charge is 2.40. The molecule has 0 saturated carbocycles. The van der Waals surface area contributed by atoms with Gasteiger partial charge in [-0.1, -0.05) is 6.07 Å². The molecule has 3 rings (SSSR count). The number of imidazole rings is 1. The number of halogens is 5. The maximum Gasteiger partial charge on any atom is 0.435 e. The molecule has 5 nitrogen and oxygen atoms in total. The second kappa shape index (κ2) is 6.53. The molecule has 0 atom stereocenters. The van der Waals surface area contributed by atoms with Gasteiger partial charge in [-0.3, -0.25) is 4.40 Å². The minimum absolute atomic E-state index is 0.240. The Labute approximate surface area is 148 Å². The molecule has 0 fully saturated rings. The van der Waals surface area contributed by atoms with Crippen molar-refractivity contribution < 1.29 is 36.6 Å². The SMILES string of the molecule is Cc1cc(OCc2c(F)cccc2F)c2nc(C(F)(F)F)c(C(=O)O)n2c1. The Morgan fingerprint density at radius 3 is 2.44 bits per heavy atom. The first-order chi connectivity index (χ1) is 12.6. The van der Waals surface area contributed by atoms with Crippen LogP contribution in [0.4, 0.5) is 22.0 Å². The monoisotopic (exact) mass is 386 g/mol. The zero-order valence-electron chi connectivity index (χ0n) is 13.6. The maximum absolute atomic E-state index is 13.7. The highest BCUT2D eigenvalue weighted by molar-refractivity contribution is 5.89. The highest BCUT2D eigenvalue weighted by atomic mass is 19.4. The van der Waals surface area contributed by atoms with Crippen molar-refractivity contribution in [2.45, 2.75) is 19.7 Å². The van der Waals surface area contributed by atoms with Crippen LogP contribution in [0.2, 0.25) is 0 Å². The Hall–Kier alpha value is -3.17.